The third kappa shape index (κ3) is 2.54. The van der Waals surface area contributed by atoms with E-state index in [4.69, 9.17) is 4.74 Å². The SMILES string of the molecule is CC(C)C1OC(C)N(C)C(C(C)C)C1C. The molecule has 0 spiro atoms. The second kappa shape index (κ2) is 4.84. The molecule has 0 amide bonds. The first kappa shape index (κ1) is 13.0. The predicted molar refractivity (Wildman–Crippen MR) is 64.7 cm³/mol. The third-order valence-corrected chi connectivity index (χ3v) is 3.79. The molecule has 1 heterocycles. The molecule has 15 heavy (non-hydrogen) atoms. The van der Waals surface area contributed by atoms with Gasteiger partial charge in [0, 0.05) is 6.04 Å². The Balaban J connectivity index is 2.84. The highest BCUT2D eigenvalue weighted by molar-refractivity contribution is 4.89. The lowest BCUT2D eigenvalue weighted by molar-refractivity contribution is -0.193. The van der Waals surface area contributed by atoms with Crippen LogP contribution in [-0.4, -0.2) is 30.3 Å². The zero-order valence-corrected chi connectivity index (χ0v) is 11.3. The summed E-state index contributed by atoms with van der Waals surface area (Å²) in [6, 6.07) is 0.640. The standard InChI is InChI=1S/C13H27NO/c1-8(2)12-10(5)13(9(3)4)15-11(6)14(12)7/h8-13H,1-7H3. The van der Waals surface area contributed by atoms with E-state index in [1.54, 1.807) is 0 Å². The molecule has 0 aromatic rings. The van der Waals surface area contributed by atoms with Crippen molar-refractivity contribution < 1.29 is 4.74 Å². The number of nitrogens with zero attached hydrogens (tertiary/aromatic N) is 1. The molecule has 1 aliphatic heterocycles. The van der Waals surface area contributed by atoms with Gasteiger partial charge in [-0.25, -0.2) is 0 Å². The Morgan fingerprint density at radius 2 is 1.53 bits per heavy atom. The van der Waals surface area contributed by atoms with Crippen LogP contribution in [0.3, 0.4) is 0 Å². The van der Waals surface area contributed by atoms with E-state index in [2.05, 4.69) is 53.5 Å². The first-order valence-electron chi connectivity index (χ1n) is 6.23. The Morgan fingerprint density at radius 3 is 1.93 bits per heavy atom. The van der Waals surface area contributed by atoms with Gasteiger partial charge in [0.05, 0.1) is 6.10 Å². The molecular formula is C13H27NO. The van der Waals surface area contributed by atoms with Crippen molar-refractivity contribution in [3.63, 3.8) is 0 Å². The number of hydrogen-bond acceptors (Lipinski definition) is 2. The molecule has 1 aliphatic rings. The Morgan fingerprint density at radius 1 is 1.00 bits per heavy atom. The zero-order valence-electron chi connectivity index (χ0n) is 11.3. The highest BCUT2D eigenvalue weighted by Crippen LogP contribution is 2.33. The summed E-state index contributed by atoms with van der Waals surface area (Å²) in [7, 11) is 2.18. The highest BCUT2D eigenvalue weighted by Gasteiger charge is 2.40. The summed E-state index contributed by atoms with van der Waals surface area (Å²) in [5, 5.41) is 0. The Kier molecular flexibility index (Phi) is 4.19. The second-order valence-corrected chi connectivity index (χ2v) is 5.70. The maximum Gasteiger partial charge on any atom is 0.108 e. The van der Waals surface area contributed by atoms with Gasteiger partial charge in [-0.05, 0) is 31.7 Å². The minimum absolute atomic E-state index is 0.251. The number of ether oxygens (including phenoxy) is 1. The average molecular weight is 213 g/mol. The predicted octanol–water partition coefficient (Wildman–Crippen LogP) is 2.98. The zero-order chi connectivity index (χ0) is 11.7. The minimum Gasteiger partial charge on any atom is -0.360 e. The molecule has 0 N–H and O–H groups in total. The summed E-state index contributed by atoms with van der Waals surface area (Å²) in [4.78, 5) is 2.38. The lowest BCUT2D eigenvalue weighted by atomic mass is 9.81. The normalized spacial score (nSPS) is 39.0. The van der Waals surface area contributed by atoms with Crippen molar-refractivity contribution in [2.24, 2.45) is 17.8 Å². The average Bonchev–Trinajstić information content (AvgIpc) is 2.10. The summed E-state index contributed by atoms with van der Waals surface area (Å²) in [6.45, 7) is 13.6. The van der Waals surface area contributed by atoms with Gasteiger partial charge in [0.1, 0.15) is 6.23 Å². The number of rotatable bonds is 2. The van der Waals surface area contributed by atoms with Crippen molar-refractivity contribution in [2.45, 2.75) is 59.9 Å². The van der Waals surface area contributed by atoms with Crippen molar-refractivity contribution in [3.05, 3.63) is 0 Å². The molecule has 1 fully saturated rings. The molecule has 1 rings (SSSR count). The summed E-state index contributed by atoms with van der Waals surface area (Å²) >= 11 is 0. The van der Waals surface area contributed by atoms with E-state index in [9.17, 15) is 0 Å². The maximum atomic E-state index is 6.08. The molecular weight excluding hydrogens is 186 g/mol. The van der Waals surface area contributed by atoms with Crippen molar-refractivity contribution in [2.75, 3.05) is 7.05 Å². The van der Waals surface area contributed by atoms with Gasteiger partial charge < -0.3 is 4.74 Å². The van der Waals surface area contributed by atoms with Crippen LogP contribution in [0.4, 0.5) is 0 Å². The van der Waals surface area contributed by atoms with Gasteiger partial charge in [-0.2, -0.15) is 0 Å². The van der Waals surface area contributed by atoms with Gasteiger partial charge in [-0.1, -0.05) is 34.6 Å². The van der Waals surface area contributed by atoms with Gasteiger partial charge in [0.2, 0.25) is 0 Å². The molecule has 0 aromatic heterocycles. The van der Waals surface area contributed by atoms with Crippen LogP contribution in [0.5, 0.6) is 0 Å². The molecule has 4 atom stereocenters. The Labute approximate surface area is 95.0 Å². The summed E-state index contributed by atoms with van der Waals surface area (Å²) < 4.78 is 6.08. The fourth-order valence-electron chi connectivity index (χ4n) is 3.10. The van der Waals surface area contributed by atoms with Gasteiger partial charge in [0.25, 0.3) is 0 Å². The van der Waals surface area contributed by atoms with Crippen LogP contribution in [0.2, 0.25) is 0 Å². The second-order valence-electron chi connectivity index (χ2n) is 5.70. The van der Waals surface area contributed by atoms with Gasteiger partial charge in [-0.15, -0.1) is 0 Å². The van der Waals surface area contributed by atoms with E-state index in [0.29, 0.717) is 29.9 Å². The first-order valence-corrected chi connectivity index (χ1v) is 6.23. The van der Waals surface area contributed by atoms with E-state index >= 15 is 0 Å². The fraction of sp³-hybridized carbons (Fsp3) is 1.00. The van der Waals surface area contributed by atoms with Crippen molar-refractivity contribution >= 4 is 0 Å². The van der Waals surface area contributed by atoms with E-state index in [-0.39, 0.29) is 6.23 Å². The van der Waals surface area contributed by atoms with E-state index in [1.165, 1.54) is 0 Å². The van der Waals surface area contributed by atoms with Crippen LogP contribution in [-0.2, 0) is 4.74 Å². The van der Waals surface area contributed by atoms with Crippen LogP contribution in [0.25, 0.3) is 0 Å². The van der Waals surface area contributed by atoms with Gasteiger partial charge in [-0.3, -0.25) is 4.90 Å². The van der Waals surface area contributed by atoms with Crippen LogP contribution >= 0.6 is 0 Å². The van der Waals surface area contributed by atoms with E-state index < -0.39 is 0 Å². The molecule has 0 bridgehead atoms. The Bertz CT molecular complexity index is 203. The molecule has 2 nitrogen and oxygen atoms in total. The third-order valence-electron chi connectivity index (χ3n) is 3.79. The fourth-order valence-corrected chi connectivity index (χ4v) is 3.10. The summed E-state index contributed by atoms with van der Waals surface area (Å²) in [5.41, 5.74) is 0. The highest BCUT2D eigenvalue weighted by atomic mass is 16.5. The topological polar surface area (TPSA) is 12.5 Å². The molecule has 1 saturated heterocycles. The Hall–Kier alpha value is -0.0800. The summed E-state index contributed by atoms with van der Waals surface area (Å²) in [5.74, 6) is 1.92. The van der Waals surface area contributed by atoms with Crippen molar-refractivity contribution in [1.29, 1.82) is 0 Å². The van der Waals surface area contributed by atoms with Gasteiger partial charge in [0.15, 0.2) is 0 Å². The smallest absolute Gasteiger partial charge is 0.108 e. The largest absolute Gasteiger partial charge is 0.360 e. The molecule has 0 saturated carbocycles. The van der Waals surface area contributed by atoms with Crippen LogP contribution in [0.15, 0.2) is 0 Å². The molecule has 90 valence electrons. The molecule has 0 radical (unpaired) electrons. The van der Waals surface area contributed by atoms with Gasteiger partial charge >= 0.3 is 0 Å². The quantitative estimate of drug-likeness (QED) is 0.699. The van der Waals surface area contributed by atoms with Crippen LogP contribution < -0.4 is 0 Å². The van der Waals surface area contributed by atoms with E-state index in [0.717, 1.165) is 0 Å². The molecule has 2 heteroatoms. The maximum absolute atomic E-state index is 6.08. The monoisotopic (exact) mass is 213 g/mol. The lowest BCUT2D eigenvalue weighted by Crippen LogP contribution is -2.57. The first-order chi connectivity index (χ1) is 6.86. The van der Waals surface area contributed by atoms with Crippen molar-refractivity contribution in [1.82, 2.24) is 4.90 Å². The van der Waals surface area contributed by atoms with Crippen LogP contribution in [0, 0.1) is 17.8 Å². The molecule has 0 aromatic carbocycles. The summed E-state index contributed by atoms with van der Waals surface area (Å²) in [6.07, 6.45) is 0.657. The molecule has 0 aliphatic carbocycles. The molecule has 4 unspecified atom stereocenters. The van der Waals surface area contributed by atoms with Crippen LogP contribution in [0.1, 0.15) is 41.5 Å². The minimum atomic E-state index is 0.251. The van der Waals surface area contributed by atoms with E-state index in [1.807, 2.05) is 0 Å². The van der Waals surface area contributed by atoms with Crippen molar-refractivity contribution in [3.8, 4) is 0 Å². The number of hydrogen-bond donors (Lipinski definition) is 0. The lowest BCUT2D eigenvalue weighted by Gasteiger charge is -2.49.